The molecule has 1 heterocycles. The maximum atomic E-state index is 12.8. The third-order valence-electron chi connectivity index (χ3n) is 2.36. The van der Waals surface area contributed by atoms with Gasteiger partial charge in [0.2, 0.25) is 5.91 Å². The van der Waals surface area contributed by atoms with Crippen LogP contribution in [0.5, 0.6) is 0 Å². The Hall–Kier alpha value is -1.54. The first-order chi connectivity index (χ1) is 7.72. The Kier molecular flexibility index (Phi) is 3.11. The average molecular weight is 236 g/mol. The second kappa shape index (κ2) is 4.54. The van der Waals surface area contributed by atoms with Crippen molar-refractivity contribution < 1.29 is 9.18 Å². The van der Waals surface area contributed by atoms with E-state index in [1.807, 2.05) is 6.07 Å². The zero-order valence-electron chi connectivity index (χ0n) is 8.39. The number of halogens is 1. The van der Waals surface area contributed by atoms with Crippen LogP contribution < -0.4 is 0 Å². The first-order valence-corrected chi connectivity index (χ1v) is 5.81. The molecule has 0 aromatic heterocycles. The summed E-state index contributed by atoms with van der Waals surface area (Å²) in [6.45, 7) is 0.0773. The number of carbonyl (C=O) groups excluding carboxylic acids is 1. The second-order valence-corrected chi connectivity index (χ2v) is 4.46. The van der Waals surface area contributed by atoms with Crippen LogP contribution in [0, 0.1) is 17.1 Å². The zero-order valence-corrected chi connectivity index (χ0v) is 9.21. The predicted molar refractivity (Wildman–Crippen MR) is 58.9 cm³/mol. The number of hydrogen-bond donors (Lipinski definition) is 0. The van der Waals surface area contributed by atoms with Gasteiger partial charge in [-0.2, -0.15) is 5.26 Å². The summed E-state index contributed by atoms with van der Waals surface area (Å²) in [5.41, 5.74) is 0.854. The fraction of sp³-hybridized carbons (Fsp3) is 0.273. The Morgan fingerprint density at radius 2 is 2.19 bits per heavy atom. The minimum absolute atomic E-state index is 0.0409. The maximum Gasteiger partial charge on any atom is 0.234 e. The van der Waals surface area contributed by atoms with Gasteiger partial charge < -0.3 is 4.90 Å². The van der Waals surface area contributed by atoms with Gasteiger partial charge in [-0.25, -0.2) is 4.39 Å². The third kappa shape index (κ3) is 2.02. The van der Waals surface area contributed by atoms with E-state index in [2.05, 4.69) is 0 Å². The van der Waals surface area contributed by atoms with Crippen molar-refractivity contribution in [2.75, 3.05) is 12.3 Å². The highest BCUT2D eigenvalue weighted by atomic mass is 32.2. The SMILES string of the molecule is N#CCN1C(=O)CSC1c1ccc(F)cc1. The van der Waals surface area contributed by atoms with Crippen LogP contribution >= 0.6 is 11.8 Å². The fourth-order valence-corrected chi connectivity index (χ4v) is 2.79. The second-order valence-electron chi connectivity index (χ2n) is 3.39. The van der Waals surface area contributed by atoms with E-state index < -0.39 is 0 Å². The summed E-state index contributed by atoms with van der Waals surface area (Å²) in [5.74, 6) is 0.0368. The molecule has 1 unspecified atom stereocenters. The van der Waals surface area contributed by atoms with Crippen molar-refractivity contribution in [1.29, 1.82) is 5.26 Å². The van der Waals surface area contributed by atoms with Gasteiger partial charge in [0, 0.05) is 0 Å². The highest BCUT2D eigenvalue weighted by Crippen LogP contribution is 2.38. The van der Waals surface area contributed by atoms with Crippen LogP contribution in [0.25, 0.3) is 0 Å². The average Bonchev–Trinajstić information content (AvgIpc) is 2.63. The molecule has 0 N–H and O–H groups in total. The summed E-state index contributed by atoms with van der Waals surface area (Å²) in [6, 6.07) is 8.00. The van der Waals surface area contributed by atoms with Crippen LogP contribution in [0.2, 0.25) is 0 Å². The maximum absolute atomic E-state index is 12.8. The molecule has 1 aromatic rings. The van der Waals surface area contributed by atoms with Crippen molar-refractivity contribution in [1.82, 2.24) is 4.90 Å². The lowest BCUT2D eigenvalue weighted by Crippen LogP contribution is -2.28. The topological polar surface area (TPSA) is 44.1 Å². The molecule has 5 heteroatoms. The van der Waals surface area contributed by atoms with Crippen LogP contribution in [0.4, 0.5) is 4.39 Å². The Labute approximate surface area is 96.9 Å². The van der Waals surface area contributed by atoms with Crippen LogP contribution in [0.1, 0.15) is 10.9 Å². The molecule has 2 rings (SSSR count). The molecule has 0 spiro atoms. The van der Waals surface area contributed by atoms with Crippen molar-refractivity contribution in [3.05, 3.63) is 35.6 Å². The molecular formula is C11H9FN2OS. The Balaban J connectivity index is 2.23. The molecule has 0 radical (unpaired) electrons. The van der Waals surface area contributed by atoms with Gasteiger partial charge in [-0.05, 0) is 17.7 Å². The molecule has 1 aromatic carbocycles. The molecule has 0 bridgehead atoms. The van der Waals surface area contributed by atoms with Crippen molar-refractivity contribution in [2.45, 2.75) is 5.37 Å². The summed E-state index contributed by atoms with van der Waals surface area (Å²) in [6.07, 6.45) is 0. The molecule has 16 heavy (non-hydrogen) atoms. The molecule has 82 valence electrons. The predicted octanol–water partition coefficient (Wildman–Crippen LogP) is 1.92. The number of amides is 1. The van der Waals surface area contributed by atoms with Crippen LogP contribution in [-0.2, 0) is 4.79 Å². The first-order valence-electron chi connectivity index (χ1n) is 4.76. The van der Waals surface area contributed by atoms with Gasteiger partial charge in [-0.15, -0.1) is 11.8 Å². The number of thioether (sulfide) groups is 1. The number of nitriles is 1. The number of carbonyl (C=O) groups is 1. The third-order valence-corrected chi connectivity index (χ3v) is 3.62. The highest BCUT2D eigenvalue weighted by molar-refractivity contribution is 8.00. The summed E-state index contributed by atoms with van der Waals surface area (Å²) in [4.78, 5) is 13.0. The standard InChI is InChI=1S/C11H9FN2OS/c12-9-3-1-8(2-4-9)11-14(6-5-13)10(15)7-16-11/h1-4,11H,6-7H2. The minimum atomic E-state index is -0.301. The van der Waals surface area contributed by atoms with Crippen molar-refractivity contribution >= 4 is 17.7 Å². The van der Waals surface area contributed by atoms with Crippen molar-refractivity contribution in [2.24, 2.45) is 0 Å². The molecule has 1 aliphatic heterocycles. The molecule has 1 saturated heterocycles. The van der Waals surface area contributed by atoms with E-state index in [-0.39, 0.29) is 23.6 Å². The van der Waals surface area contributed by atoms with E-state index in [0.717, 1.165) is 5.56 Å². The van der Waals surface area contributed by atoms with Gasteiger partial charge in [0.25, 0.3) is 0 Å². The Bertz CT molecular complexity index is 440. The van der Waals surface area contributed by atoms with E-state index in [9.17, 15) is 9.18 Å². The molecule has 0 saturated carbocycles. The van der Waals surface area contributed by atoms with Crippen LogP contribution in [0.15, 0.2) is 24.3 Å². The van der Waals surface area contributed by atoms with Gasteiger partial charge in [-0.3, -0.25) is 4.79 Å². The number of benzene rings is 1. The largest absolute Gasteiger partial charge is 0.313 e. The number of hydrogen-bond acceptors (Lipinski definition) is 3. The smallest absolute Gasteiger partial charge is 0.234 e. The fourth-order valence-electron chi connectivity index (χ4n) is 1.60. The zero-order chi connectivity index (χ0) is 11.5. The number of nitrogens with zero attached hydrogens (tertiary/aromatic N) is 2. The monoisotopic (exact) mass is 236 g/mol. The lowest BCUT2D eigenvalue weighted by molar-refractivity contribution is -0.127. The van der Waals surface area contributed by atoms with Gasteiger partial charge >= 0.3 is 0 Å². The van der Waals surface area contributed by atoms with Crippen molar-refractivity contribution in [3.63, 3.8) is 0 Å². The minimum Gasteiger partial charge on any atom is -0.313 e. The van der Waals surface area contributed by atoms with Crippen LogP contribution in [0.3, 0.4) is 0 Å². The van der Waals surface area contributed by atoms with E-state index in [4.69, 9.17) is 5.26 Å². The van der Waals surface area contributed by atoms with Crippen LogP contribution in [-0.4, -0.2) is 23.1 Å². The molecule has 3 nitrogen and oxygen atoms in total. The van der Waals surface area contributed by atoms with Gasteiger partial charge in [0.05, 0.1) is 11.8 Å². The Morgan fingerprint density at radius 3 is 2.81 bits per heavy atom. The van der Waals surface area contributed by atoms with Gasteiger partial charge in [0.1, 0.15) is 17.7 Å². The summed E-state index contributed by atoms with van der Waals surface area (Å²) in [5, 5.41) is 8.48. The molecule has 1 aliphatic rings. The summed E-state index contributed by atoms with van der Waals surface area (Å²) in [7, 11) is 0. The molecule has 1 amide bonds. The van der Waals surface area contributed by atoms with E-state index in [0.29, 0.717) is 5.75 Å². The van der Waals surface area contributed by atoms with E-state index >= 15 is 0 Å². The summed E-state index contributed by atoms with van der Waals surface area (Å²) >= 11 is 1.46. The normalized spacial score (nSPS) is 19.9. The van der Waals surface area contributed by atoms with E-state index in [1.165, 1.54) is 28.8 Å². The Morgan fingerprint density at radius 1 is 1.50 bits per heavy atom. The number of rotatable bonds is 2. The lowest BCUT2D eigenvalue weighted by Gasteiger charge is -2.21. The lowest BCUT2D eigenvalue weighted by atomic mass is 10.2. The van der Waals surface area contributed by atoms with Gasteiger partial charge in [0.15, 0.2) is 0 Å². The first kappa shape index (κ1) is 11.0. The van der Waals surface area contributed by atoms with E-state index in [1.54, 1.807) is 12.1 Å². The molecular weight excluding hydrogens is 227 g/mol. The highest BCUT2D eigenvalue weighted by Gasteiger charge is 2.32. The molecule has 1 atom stereocenters. The summed E-state index contributed by atoms with van der Waals surface area (Å²) < 4.78 is 12.8. The molecule has 0 aliphatic carbocycles. The molecule has 1 fully saturated rings. The van der Waals surface area contributed by atoms with Crippen molar-refractivity contribution in [3.8, 4) is 6.07 Å². The van der Waals surface area contributed by atoms with Gasteiger partial charge in [-0.1, -0.05) is 12.1 Å². The quantitative estimate of drug-likeness (QED) is 0.737.